The molecule has 2 aliphatic rings. The van der Waals surface area contributed by atoms with Crippen LogP contribution in [-0.2, 0) is 14.8 Å². The zero-order valence-electron chi connectivity index (χ0n) is 15.0. The van der Waals surface area contributed by atoms with Gasteiger partial charge in [-0.25, -0.2) is 12.8 Å². The summed E-state index contributed by atoms with van der Waals surface area (Å²) in [7, 11) is -4.13. The highest BCUT2D eigenvalue weighted by molar-refractivity contribution is 7.89. The van der Waals surface area contributed by atoms with Gasteiger partial charge in [-0.1, -0.05) is 26.0 Å². The number of hydrogen-bond acceptors (Lipinski definition) is 4. The molecule has 2 aliphatic heterocycles. The smallest absolute Gasteiger partial charge is 0.244 e. The van der Waals surface area contributed by atoms with Gasteiger partial charge in [-0.15, -0.1) is 0 Å². The van der Waals surface area contributed by atoms with Crippen molar-refractivity contribution in [2.45, 2.75) is 68.6 Å². The summed E-state index contributed by atoms with van der Waals surface area (Å²) in [5, 5.41) is 6.50. The number of carbonyl (C=O) groups excluding carboxylic acids is 1. The zero-order chi connectivity index (χ0) is 18.9. The summed E-state index contributed by atoms with van der Waals surface area (Å²) in [5.41, 5.74) is 0. The third kappa shape index (κ3) is 4.24. The molecule has 0 aromatic heterocycles. The predicted molar refractivity (Wildman–Crippen MR) is 96.5 cm³/mol. The Kier molecular flexibility index (Phi) is 5.64. The molecule has 3 rings (SSSR count). The fourth-order valence-corrected chi connectivity index (χ4v) is 5.27. The maximum atomic E-state index is 13.9. The summed E-state index contributed by atoms with van der Waals surface area (Å²) in [4.78, 5) is 12.3. The standard InChI is InChI=1S/C18H26FN3O3S/c1-11(2)17(22-26(24,25)16-6-4-3-5-15(16)19)18(23)21-14-9-12-7-8-13(10-14)20-12/h3-6,11-14,17,20,22H,7-10H2,1-2H3,(H,21,23). The molecule has 26 heavy (non-hydrogen) atoms. The second-order valence-electron chi connectivity index (χ2n) is 7.59. The number of carbonyl (C=O) groups is 1. The van der Waals surface area contributed by atoms with Crippen molar-refractivity contribution in [2.75, 3.05) is 0 Å². The van der Waals surface area contributed by atoms with E-state index in [2.05, 4.69) is 15.4 Å². The minimum Gasteiger partial charge on any atom is -0.352 e. The van der Waals surface area contributed by atoms with E-state index in [0.29, 0.717) is 12.1 Å². The summed E-state index contributed by atoms with van der Waals surface area (Å²) in [6, 6.07) is 5.09. The first kappa shape index (κ1) is 19.3. The first-order valence-corrected chi connectivity index (χ1v) is 10.6. The van der Waals surface area contributed by atoms with Crippen molar-refractivity contribution in [3.8, 4) is 0 Å². The molecule has 2 bridgehead atoms. The van der Waals surface area contributed by atoms with Crippen LogP contribution >= 0.6 is 0 Å². The summed E-state index contributed by atoms with van der Waals surface area (Å²) in [6.45, 7) is 3.53. The van der Waals surface area contributed by atoms with Crippen LogP contribution in [0.2, 0.25) is 0 Å². The van der Waals surface area contributed by atoms with Gasteiger partial charge in [0.15, 0.2) is 0 Å². The average Bonchev–Trinajstić information content (AvgIpc) is 2.91. The Bertz CT molecular complexity index is 757. The van der Waals surface area contributed by atoms with Gasteiger partial charge >= 0.3 is 0 Å². The van der Waals surface area contributed by atoms with Crippen molar-refractivity contribution in [3.05, 3.63) is 30.1 Å². The lowest BCUT2D eigenvalue weighted by Crippen LogP contribution is -2.55. The third-order valence-electron chi connectivity index (χ3n) is 5.18. The van der Waals surface area contributed by atoms with Crippen LogP contribution in [0.15, 0.2) is 29.2 Å². The molecule has 1 aromatic rings. The lowest BCUT2D eigenvalue weighted by molar-refractivity contribution is -0.124. The number of piperidine rings is 1. The molecule has 6 nitrogen and oxygen atoms in total. The molecule has 3 atom stereocenters. The van der Waals surface area contributed by atoms with Gasteiger partial charge in [-0.2, -0.15) is 4.72 Å². The Morgan fingerprint density at radius 2 is 1.81 bits per heavy atom. The van der Waals surface area contributed by atoms with Crippen molar-refractivity contribution in [3.63, 3.8) is 0 Å². The molecule has 2 saturated heterocycles. The molecule has 2 fully saturated rings. The molecular formula is C18H26FN3O3S. The Morgan fingerprint density at radius 1 is 1.19 bits per heavy atom. The van der Waals surface area contributed by atoms with E-state index in [4.69, 9.17) is 0 Å². The molecule has 0 saturated carbocycles. The third-order valence-corrected chi connectivity index (χ3v) is 6.65. The molecule has 0 aliphatic carbocycles. The lowest BCUT2D eigenvalue weighted by Gasteiger charge is -2.31. The van der Waals surface area contributed by atoms with E-state index in [1.807, 2.05) is 0 Å². The molecule has 144 valence electrons. The van der Waals surface area contributed by atoms with Gasteiger partial charge in [0, 0.05) is 18.1 Å². The first-order chi connectivity index (χ1) is 12.3. The number of hydrogen-bond donors (Lipinski definition) is 3. The molecule has 3 N–H and O–H groups in total. The Balaban J connectivity index is 1.70. The van der Waals surface area contributed by atoms with E-state index >= 15 is 0 Å². The van der Waals surface area contributed by atoms with Crippen LogP contribution in [0.3, 0.4) is 0 Å². The highest BCUT2D eigenvalue weighted by atomic mass is 32.2. The van der Waals surface area contributed by atoms with Crippen LogP contribution in [0.25, 0.3) is 0 Å². The van der Waals surface area contributed by atoms with Gasteiger partial charge in [0.2, 0.25) is 15.9 Å². The second kappa shape index (κ2) is 7.62. The largest absolute Gasteiger partial charge is 0.352 e. The summed E-state index contributed by atoms with van der Waals surface area (Å²) < 4.78 is 41.3. The minimum absolute atomic E-state index is 0.0421. The van der Waals surface area contributed by atoms with E-state index in [0.717, 1.165) is 31.7 Å². The molecule has 1 amide bonds. The normalized spacial score (nSPS) is 26.7. The monoisotopic (exact) mass is 383 g/mol. The zero-order valence-corrected chi connectivity index (χ0v) is 15.9. The number of rotatable bonds is 6. The Morgan fingerprint density at radius 3 is 2.38 bits per heavy atom. The Labute approximate surface area is 154 Å². The fourth-order valence-electron chi connectivity index (χ4n) is 3.85. The van der Waals surface area contributed by atoms with Crippen LogP contribution in [0, 0.1) is 11.7 Å². The molecular weight excluding hydrogens is 357 g/mol. The number of amides is 1. The SMILES string of the molecule is CC(C)C(NS(=O)(=O)c1ccccc1F)C(=O)NC1CC2CCC(C1)N2. The van der Waals surface area contributed by atoms with E-state index in [9.17, 15) is 17.6 Å². The maximum Gasteiger partial charge on any atom is 0.244 e. The van der Waals surface area contributed by atoms with Gasteiger partial charge in [0.05, 0.1) is 0 Å². The topological polar surface area (TPSA) is 87.3 Å². The van der Waals surface area contributed by atoms with Gasteiger partial charge < -0.3 is 10.6 Å². The fraction of sp³-hybridized carbons (Fsp3) is 0.611. The number of halogens is 1. The number of sulfonamides is 1. The van der Waals surface area contributed by atoms with Crippen LogP contribution < -0.4 is 15.4 Å². The number of fused-ring (bicyclic) bond motifs is 2. The van der Waals surface area contributed by atoms with Crippen LogP contribution in [0.5, 0.6) is 0 Å². The molecule has 8 heteroatoms. The molecule has 0 spiro atoms. The molecule has 2 heterocycles. The van der Waals surface area contributed by atoms with Crippen LogP contribution in [0.4, 0.5) is 4.39 Å². The summed E-state index contributed by atoms with van der Waals surface area (Å²) in [6.07, 6.45) is 3.94. The first-order valence-electron chi connectivity index (χ1n) is 9.09. The highest BCUT2D eigenvalue weighted by Gasteiger charge is 2.36. The lowest BCUT2D eigenvalue weighted by atomic mass is 9.98. The van der Waals surface area contributed by atoms with E-state index in [-0.39, 0.29) is 17.9 Å². The molecule has 3 unspecified atom stereocenters. The number of nitrogens with one attached hydrogen (secondary N) is 3. The quantitative estimate of drug-likeness (QED) is 0.695. The van der Waals surface area contributed by atoms with Crippen molar-refractivity contribution in [1.82, 2.24) is 15.4 Å². The van der Waals surface area contributed by atoms with E-state index in [1.165, 1.54) is 18.2 Å². The van der Waals surface area contributed by atoms with Crippen LogP contribution in [-0.4, -0.2) is 38.5 Å². The Hall–Kier alpha value is -1.51. The minimum atomic E-state index is -4.13. The molecule has 1 aromatic carbocycles. The van der Waals surface area contributed by atoms with Gasteiger partial charge in [0.1, 0.15) is 16.8 Å². The van der Waals surface area contributed by atoms with Crippen molar-refractivity contribution in [2.24, 2.45) is 5.92 Å². The maximum absolute atomic E-state index is 13.9. The van der Waals surface area contributed by atoms with Gasteiger partial charge in [-0.3, -0.25) is 4.79 Å². The molecule has 0 radical (unpaired) electrons. The highest BCUT2D eigenvalue weighted by Crippen LogP contribution is 2.27. The van der Waals surface area contributed by atoms with Crippen LogP contribution in [0.1, 0.15) is 39.5 Å². The van der Waals surface area contributed by atoms with Gasteiger partial charge in [0.25, 0.3) is 0 Å². The summed E-state index contributed by atoms with van der Waals surface area (Å²) >= 11 is 0. The predicted octanol–water partition coefficient (Wildman–Crippen LogP) is 1.53. The van der Waals surface area contributed by atoms with Gasteiger partial charge in [-0.05, 0) is 43.7 Å². The van der Waals surface area contributed by atoms with E-state index in [1.54, 1.807) is 13.8 Å². The van der Waals surface area contributed by atoms with Crippen molar-refractivity contribution >= 4 is 15.9 Å². The second-order valence-corrected chi connectivity index (χ2v) is 9.27. The van der Waals surface area contributed by atoms with Crippen molar-refractivity contribution in [1.29, 1.82) is 0 Å². The summed E-state index contributed by atoms with van der Waals surface area (Å²) in [5.74, 6) is -1.46. The van der Waals surface area contributed by atoms with E-state index < -0.39 is 26.8 Å². The number of benzene rings is 1. The van der Waals surface area contributed by atoms with Crippen molar-refractivity contribution < 1.29 is 17.6 Å². The average molecular weight is 383 g/mol.